The molecule has 338 valence electrons. The molecule has 7 saturated carbocycles. The Labute approximate surface area is 338 Å². The number of hydrogen-bond acceptors (Lipinski definition) is 6. The number of hydrogen-bond donors (Lipinski definition) is 0. The molecule has 0 aromatic rings. The molecular formula is C40H53F12O6S+. The van der Waals surface area contributed by atoms with Crippen LogP contribution in [-0.2, 0) is 39.3 Å². The van der Waals surface area contributed by atoms with Gasteiger partial charge in [0.05, 0.1) is 36.6 Å². The SMILES string of the molecule is FC(F)(F)C1(C(F)(F)F)OC2C3CC(CC3OCOC3CCC([S+](C4CCCCC4)C4CCC(OCOC5CC6CC5C5OC(C(F)(F)F)(C(F)(F)F)C65)CC4)CC3)C21. The maximum Gasteiger partial charge on any atom is 0.426 e. The number of rotatable bonds is 11. The molecule has 0 radical (unpaired) electrons. The molecule has 0 N–H and O–H groups in total. The van der Waals surface area contributed by atoms with Gasteiger partial charge in [0.15, 0.2) is 0 Å². The highest BCUT2D eigenvalue weighted by molar-refractivity contribution is 7.98. The van der Waals surface area contributed by atoms with E-state index >= 15 is 0 Å². The fraction of sp³-hybridized carbons (Fsp3) is 1.00. The van der Waals surface area contributed by atoms with Crippen LogP contribution in [-0.4, -0.2) is 102 Å². The zero-order valence-electron chi connectivity index (χ0n) is 32.5. The molecule has 0 amide bonds. The molecule has 4 bridgehead atoms. The highest BCUT2D eigenvalue weighted by atomic mass is 32.2. The Balaban J connectivity index is 0.709. The standard InChI is InChI=1S/C40H53F12O6S/c41-37(42,43)35(38(44,45)46)31-20-14-27(33(31)57-35)29(16-20)55-18-53-22-6-10-25(11-7-22)59(24-4-2-1-3-5-24)26-12-8-23(9-13-26)54-19-56-30-17-21-15-28(30)34-32(21)36(58-34,39(47,48)49)40(50,51)52/h20-34H,1-19H2/q+1. The highest BCUT2D eigenvalue weighted by Gasteiger charge is 2.88. The lowest BCUT2D eigenvalue weighted by Crippen LogP contribution is -2.76. The van der Waals surface area contributed by atoms with Crippen molar-refractivity contribution in [2.45, 2.75) is 197 Å². The van der Waals surface area contributed by atoms with Crippen LogP contribution in [0.1, 0.15) is 109 Å². The lowest BCUT2D eigenvalue weighted by molar-refractivity contribution is -0.473. The Hall–Kier alpha value is -0.730. The third kappa shape index (κ3) is 7.07. The van der Waals surface area contributed by atoms with Gasteiger partial charge in [-0.05, 0) is 125 Å². The van der Waals surface area contributed by atoms with E-state index in [1.165, 1.54) is 32.1 Å². The quantitative estimate of drug-likeness (QED) is 0.117. The van der Waals surface area contributed by atoms with Crippen molar-refractivity contribution >= 4 is 10.9 Å². The second-order valence-electron chi connectivity index (χ2n) is 18.9. The first-order valence-corrected chi connectivity index (χ1v) is 23.0. The third-order valence-electron chi connectivity index (χ3n) is 16.1. The van der Waals surface area contributed by atoms with E-state index in [0.29, 0.717) is 15.7 Å². The van der Waals surface area contributed by atoms with E-state index in [2.05, 4.69) is 0 Å². The molecule has 2 saturated heterocycles. The topological polar surface area (TPSA) is 55.4 Å². The number of fused-ring (bicyclic) bond motifs is 10. The molecule has 2 heterocycles. The molecule has 10 unspecified atom stereocenters. The zero-order valence-corrected chi connectivity index (χ0v) is 33.3. The zero-order chi connectivity index (χ0) is 41.9. The average Bonchev–Trinajstić information content (AvgIpc) is 3.84. The number of ether oxygens (including phenoxy) is 6. The minimum Gasteiger partial charge on any atom is -0.354 e. The van der Waals surface area contributed by atoms with Crippen LogP contribution in [0.5, 0.6) is 0 Å². The minimum atomic E-state index is -5.54. The van der Waals surface area contributed by atoms with Gasteiger partial charge in [0, 0.05) is 23.7 Å². The number of alkyl halides is 12. The van der Waals surface area contributed by atoms with Crippen LogP contribution in [0.3, 0.4) is 0 Å². The van der Waals surface area contributed by atoms with Gasteiger partial charge in [-0.25, -0.2) is 0 Å². The van der Waals surface area contributed by atoms with Gasteiger partial charge in [-0.15, -0.1) is 0 Å². The summed E-state index contributed by atoms with van der Waals surface area (Å²) in [7, 11) is 0.206. The van der Waals surface area contributed by atoms with Crippen molar-refractivity contribution in [2.75, 3.05) is 13.6 Å². The van der Waals surface area contributed by atoms with E-state index in [9.17, 15) is 52.7 Å². The Morgan fingerprint density at radius 2 is 0.797 bits per heavy atom. The molecular weight excluding hydrogens is 836 g/mol. The van der Waals surface area contributed by atoms with Gasteiger partial charge in [0.1, 0.15) is 29.3 Å². The van der Waals surface area contributed by atoms with Gasteiger partial charge in [-0.2, -0.15) is 52.7 Å². The van der Waals surface area contributed by atoms with Crippen LogP contribution >= 0.6 is 0 Å². The second-order valence-corrected chi connectivity index (χ2v) is 21.7. The molecule has 9 aliphatic rings. The summed E-state index contributed by atoms with van der Waals surface area (Å²) in [5, 5.41) is 1.80. The lowest BCUT2D eigenvalue weighted by Gasteiger charge is -2.57. The van der Waals surface area contributed by atoms with Crippen LogP contribution in [0.25, 0.3) is 0 Å². The second kappa shape index (κ2) is 15.5. The van der Waals surface area contributed by atoms with Crippen molar-refractivity contribution < 1.29 is 81.1 Å². The van der Waals surface area contributed by atoms with Crippen molar-refractivity contribution in [3.05, 3.63) is 0 Å². The van der Waals surface area contributed by atoms with Gasteiger partial charge in [0.25, 0.3) is 11.2 Å². The normalized spacial score (nSPS) is 43.5. The summed E-state index contributed by atoms with van der Waals surface area (Å²) in [4.78, 5) is 0. The molecule has 0 spiro atoms. The molecule has 59 heavy (non-hydrogen) atoms. The Kier molecular flexibility index (Phi) is 11.4. The minimum absolute atomic E-state index is 0.0322. The van der Waals surface area contributed by atoms with E-state index < -0.39 is 95.8 Å². The fourth-order valence-electron chi connectivity index (χ4n) is 13.6. The maximum atomic E-state index is 13.7. The smallest absolute Gasteiger partial charge is 0.354 e. The molecule has 9 fully saturated rings. The molecule has 0 aromatic heterocycles. The van der Waals surface area contributed by atoms with Crippen LogP contribution in [0.4, 0.5) is 52.7 Å². The van der Waals surface area contributed by atoms with Crippen molar-refractivity contribution in [3.63, 3.8) is 0 Å². The van der Waals surface area contributed by atoms with Gasteiger partial charge < -0.3 is 28.4 Å². The van der Waals surface area contributed by atoms with E-state index in [0.717, 1.165) is 51.4 Å². The van der Waals surface area contributed by atoms with Crippen LogP contribution < -0.4 is 0 Å². The average molecular weight is 890 g/mol. The van der Waals surface area contributed by atoms with Gasteiger partial charge in [-0.1, -0.05) is 6.42 Å². The van der Waals surface area contributed by atoms with Gasteiger partial charge in [-0.3, -0.25) is 0 Å². The summed E-state index contributed by atoms with van der Waals surface area (Å²) in [6, 6.07) is 0. The predicted molar refractivity (Wildman–Crippen MR) is 187 cm³/mol. The lowest BCUT2D eigenvalue weighted by atomic mass is 9.67. The van der Waals surface area contributed by atoms with Crippen molar-refractivity contribution in [3.8, 4) is 0 Å². The van der Waals surface area contributed by atoms with Gasteiger partial charge >= 0.3 is 24.7 Å². The molecule has 19 heteroatoms. The Bertz CT molecular complexity index is 1360. The van der Waals surface area contributed by atoms with E-state index in [-0.39, 0.29) is 62.4 Å². The first-order valence-electron chi connectivity index (χ1n) is 21.5. The molecule has 7 aliphatic carbocycles. The van der Waals surface area contributed by atoms with E-state index in [4.69, 9.17) is 28.4 Å². The summed E-state index contributed by atoms with van der Waals surface area (Å²) < 4.78 is 197. The Morgan fingerprint density at radius 1 is 0.441 bits per heavy atom. The predicted octanol–water partition coefficient (Wildman–Crippen LogP) is 10.1. The summed E-state index contributed by atoms with van der Waals surface area (Å²) in [5.41, 5.74) is -8.18. The van der Waals surface area contributed by atoms with Crippen LogP contribution in [0.15, 0.2) is 0 Å². The first-order chi connectivity index (χ1) is 27.7. The molecule has 10 atom stereocenters. The third-order valence-corrected chi connectivity index (χ3v) is 19.9. The highest BCUT2D eigenvalue weighted by Crippen LogP contribution is 2.71. The fourth-order valence-corrected chi connectivity index (χ4v) is 17.8. The summed E-state index contributed by atoms with van der Waals surface area (Å²) >= 11 is 0. The largest absolute Gasteiger partial charge is 0.426 e. The van der Waals surface area contributed by atoms with Crippen molar-refractivity contribution in [1.82, 2.24) is 0 Å². The summed E-state index contributed by atoms with van der Waals surface area (Å²) in [6.07, 6.45) is -11.1. The molecule has 0 aromatic carbocycles. The van der Waals surface area contributed by atoms with Crippen molar-refractivity contribution in [1.29, 1.82) is 0 Å². The molecule has 6 nitrogen and oxygen atoms in total. The molecule has 2 aliphatic heterocycles. The Morgan fingerprint density at radius 3 is 1.14 bits per heavy atom. The first kappa shape index (κ1) is 43.5. The van der Waals surface area contributed by atoms with Crippen molar-refractivity contribution in [2.24, 2.45) is 35.5 Å². The summed E-state index contributed by atoms with van der Waals surface area (Å²) in [5.74, 6) is -5.84. The van der Waals surface area contributed by atoms with E-state index in [1.54, 1.807) is 0 Å². The molecule has 9 rings (SSSR count). The monoisotopic (exact) mass is 889 g/mol. The van der Waals surface area contributed by atoms with E-state index in [1.807, 2.05) is 0 Å². The van der Waals surface area contributed by atoms with Gasteiger partial charge in [0.2, 0.25) is 0 Å². The maximum absolute atomic E-state index is 13.7. The summed E-state index contributed by atoms with van der Waals surface area (Å²) in [6.45, 7) is -0.111. The number of halogens is 12. The van der Waals surface area contributed by atoms with Crippen LogP contribution in [0, 0.1) is 35.5 Å². The van der Waals surface area contributed by atoms with Crippen LogP contribution in [0.2, 0.25) is 0 Å².